The van der Waals surface area contributed by atoms with Crippen molar-refractivity contribution in [1.29, 1.82) is 0 Å². The van der Waals surface area contributed by atoms with Crippen molar-refractivity contribution in [3.8, 4) is 0 Å². The topological polar surface area (TPSA) is 24.1 Å². The van der Waals surface area contributed by atoms with E-state index in [-0.39, 0.29) is 0 Å². The lowest BCUT2D eigenvalue weighted by atomic mass is 9.82. The van der Waals surface area contributed by atoms with Crippen molar-refractivity contribution < 1.29 is 0 Å². The molecule has 0 aromatic rings. The first-order chi connectivity index (χ1) is 8.18. The largest absolute Gasteiger partial charge is 0.316 e. The zero-order chi connectivity index (χ0) is 12.1. The van der Waals surface area contributed by atoms with Crippen LogP contribution in [0, 0.1) is 11.3 Å². The first kappa shape index (κ1) is 13.4. The molecule has 0 amide bonds. The molecule has 2 N–H and O–H groups in total. The van der Waals surface area contributed by atoms with E-state index < -0.39 is 0 Å². The molecule has 2 nitrogen and oxygen atoms in total. The van der Waals surface area contributed by atoms with Gasteiger partial charge in [0.1, 0.15) is 0 Å². The standard InChI is InChI=1S/C15H30N2/c1-13-5-3-6-14(8-7-13)17-12-15(2)9-4-10-16-11-15/h13-14,16-17H,3-12H2,1-2H3. The molecule has 17 heavy (non-hydrogen) atoms. The third-order valence-corrected chi connectivity index (χ3v) is 4.76. The highest BCUT2D eigenvalue weighted by Gasteiger charge is 2.27. The van der Waals surface area contributed by atoms with Crippen LogP contribution in [-0.2, 0) is 0 Å². The molecule has 3 atom stereocenters. The smallest absolute Gasteiger partial charge is 0.00674 e. The molecule has 0 aromatic heterocycles. The summed E-state index contributed by atoms with van der Waals surface area (Å²) in [4.78, 5) is 0. The molecule has 1 aliphatic heterocycles. The minimum absolute atomic E-state index is 0.496. The van der Waals surface area contributed by atoms with Gasteiger partial charge >= 0.3 is 0 Å². The Hall–Kier alpha value is -0.0800. The summed E-state index contributed by atoms with van der Waals surface area (Å²) in [6.07, 6.45) is 9.81. The van der Waals surface area contributed by atoms with Crippen LogP contribution in [0.15, 0.2) is 0 Å². The number of hydrogen-bond donors (Lipinski definition) is 2. The summed E-state index contributed by atoms with van der Waals surface area (Å²) in [6, 6.07) is 0.790. The second-order valence-corrected chi connectivity index (χ2v) is 6.78. The van der Waals surface area contributed by atoms with Crippen LogP contribution in [0.5, 0.6) is 0 Å². The number of hydrogen-bond acceptors (Lipinski definition) is 2. The van der Waals surface area contributed by atoms with E-state index in [0.717, 1.165) is 12.0 Å². The zero-order valence-electron chi connectivity index (χ0n) is 11.7. The van der Waals surface area contributed by atoms with Gasteiger partial charge in [-0.25, -0.2) is 0 Å². The summed E-state index contributed by atoms with van der Waals surface area (Å²) < 4.78 is 0. The fourth-order valence-electron chi connectivity index (χ4n) is 3.35. The monoisotopic (exact) mass is 238 g/mol. The predicted molar refractivity (Wildman–Crippen MR) is 74.3 cm³/mol. The molecule has 1 saturated heterocycles. The van der Waals surface area contributed by atoms with Crippen molar-refractivity contribution in [2.75, 3.05) is 19.6 Å². The Morgan fingerprint density at radius 1 is 1.18 bits per heavy atom. The highest BCUT2D eigenvalue weighted by atomic mass is 15.0. The molecule has 2 aliphatic rings. The second kappa shape index (κ2) is 6.19. The summed E-state index contributed by atoms with van der Waals surface area (Å²) in [6.45, 7) is 8.47. The summed E-state index contributed by atoms with van der Waals surface area (Å²) in [7, 11) is 0. The fourth-order valence-corrected chi connectivity index (χ4v) is 3.35. The second-order valence-electron chi connectivity index (χ2n) is 6.78. The lowest BCUT2D eigenvalue weighted by Crippen LogP contribution is -2.46. The van der Waals surface area contributed by atoms with E-state index in [1.54, 1.807) is 0 Å². The summed E-state index contributed by atoms with van der Waals surface area (Å²) in [5, 5.41) is 7.39. The number of piperidine rings is 1. The van der Waals surface area contributed by atoms with Gasteiger partial charge in [-0.15, -0.1) is 0 Å². The number of rotatable bonds is 3. The maximum atomic E-state index is 3.85. The Labute approximate surface area is 107 Å². The van der Waals surface area contributed by atoms with Gasteiger partial charge in [-0.05, 0) is 50.0 Å². The van der Waals surface area contributed by atoms with Crippen molar-refractivity contribution in [2.45, 2.75) is 64.8 Å². The van der Waals surface area contributed by atoms with E-state index in [9.17, 15) is 0 Å². The Morgan fingerprint density at radius 3 is 2.82 bits per heavy atom. The van der Waals surface area contributed by atoms with Crippen LogP contribution in [0.2, 0.25) is 0 Å². The Bertz CT molecular complexity index is 221. The fraction of sp³-hybridized carbons (Fsp3) is 1.00. The maximum absolute atomic E-state index is 3.85. The van der Waals surface area contributed by atoms with E-state index in [2.05, 4.69) is 24.5 Å². The van der Waals surface area contributed by atoms with Gasteiger partial charge in [-0.1, -0.05) is 26.7 Å². The summed E-state index contributed by atoms with van der Waals surface area (Å²) in [5.74, 6) is 0.953. The Kier molecular flexibility index (Phi) is 4.87. The molecule has 2 rings (SSSR count). The molecule has 0 spiro atoms. The van der Waals surface area contributed by atoms with Crippen molar-refractivity contribution in [1.82, 2.24) is 10.6 Å². The van der Waals surface area contributed by atoms with Crippen LogP contribution in [0.25, 0.3) is 0 Å². The van der Waals surface area contributed by atoms with E-state index >= 15 is 0 Å². The highest BCUT2D eigenvalue weighted by Crippen LogP contribution is 2.26. The first-order valence-corrected chi connectivity index (χ1v) is 7.62. The molecule has 0 radical (unpaired) electrons. The van der Waals surface area contributed by atoms with Gasteiger partial charge in [0.05, 0.1) is 0 Å². The minimum atomic E-state index is 0.496. The zero-order valence-corrected chi connectivity index (χ0v) is 11.7. The van der Waals surface area contributed by atoms with Crippen molar-refractivity contribution in [3.63, 3.8) is 0 Å². The molecule has 0 bridgehead atoms. The third-order valence-electron chi connectivity index (χ3n) is 4.76. The van der Waals surface area contributed by atoms with Gasteiger partial charge in [0.25, 0.3) is 0 Å². The normalized spacial score (nSPS) is 39.9. The van der Waals surface area contributed by atoms with Crippen molar-refractivity contribution in [2.24, 2.45) is 11.3 Å². The Morgan fingerprint density at radius 2 is 2.06 bits per heavy atom. The van der Waals surface area contributed by atoms with Crippen LogP contribution >= 0.6 is 0 Å². The number of nitrogens with one attached hydrogen (secondary N) is 2. The van der Waals surface area contributed by atoms with E-state index in [4.69, 9.17) is 0 Å². The first-order valence-electron chi connectivity index (χ1n) is 7.62. The van der Waals surface area contributed by atoms with Gasteiger partial charge in [0.15, 0.2) is 0 Å². The average Bonchev–Trinajstić information content (AvgIpc) is 2.53. The van der Waals surface area contributed by atoms with E-state index in [1.165, 1.54) is 64.6 Å². The predicted octanol–water partition coefficient (Wildman–Crippen LogP) is 2.93. The van der Waals surface area contributed by atoms with Gasteiger partial charge in [0.2, 0.25) is 0 Å². The highest BCUT2D eigenvalue weighted by molar-refractivity contribution is 4.85. The van der Waals surface area contributed by atoms with Crippen LogP contribution in [0.3, 0.4) is 0 Å². The Balaban J connectivity index is 1.73. The molecule has 1 heterocycles. The maximum Gasteiger partial charge on any atom is 0.00674 e. The minimum Gasteiger partial charge on any atom is -0.316 e. The molecule has 100 valence electrons. The van der Waals surface area contributed by atoms with Crippen molar-refractivity contribution >= 4 is 0 Å². The van der Waals surface area contributed by atoms with Gasteiger partial charge in [-0.2, -0.15) is 0 Å². The van der Waals surface area contributed by atoms with Gasteiger partial charge in [0, 0.05) is 19.1 Å². The molecule has 3 unspecified atom stereocenters. The van der Waals surface area contributed by atoms with Gasteiger partial charge < -0.3 is 10.6 Å². The summed E-state index contributed by atoms with van der Waals surface area (Å²) >= 11 is 0. The third kappa shape index (κ3) is 4.26. The average molecular weight is 238 g/mol. The van der Waals surface area contributed by atoms with Crippen LogP contribution in [-0.4, -0.2) is 25.7 Å². The summed E-state index contributed by atoms with van der Waals surface area (Å²) in [5.41, 5.74) is 0.496. The molecule has 2 heteroatoms. The van der Waals surface area contributed by atoms with Crippen molar-refractivity contribution in [3.05, 3.63) is 0 Å². The molecule has 1 saturated carbocycles. The molecular weight excluding hydrogens is 208 g/mol. The van der Waals surface area contributed by atoms with E-state index in [1.807, 2.05) is 0 Å². The SMILES string of the molecule is CC1CCCC(NCC2(C)CCCNC2)CC1. The van der Waals surface area contributed by atoms with Crippen LogP contribution in [0.4, 0.5) is 0 Å². The van der Waals surface area contributed by atoms with Crippen LogP contribution < -0.4 is 10.6 Å². The molecule has 1 aliphatic carbocycles. The quantitative estimate of drug-likeness (QED) is 0.739. The molecular formula is C15H30N2. The lowest BCUT2D eigenvalue weighted by molar-refractivity contribution is 0.214. The molecule has 2 fully saturated rings. The molecule has 0 aromatic carbocycles. The van der Waals surface area contributed by atoms with Crippen LogP contribution in [0.1, 0.15) is 58.8 Å². The van der Waals surface area contributed by atoms with Gasteiger partial charge in [-0.3, -0.25) is 0 Å². The lowest BCUT2D eigenvalue weighted by Gasteiger charge is -2.35. The van der Waals surface area contributed by atoms with E-state index in [0.29, 0.717) is 5.41 Å².